The van der Waals surface area contributed by atoms with Gasteiger partial charge in [-0.25, -0.2) is 4.68 Å². The molecule has 0 unspecified atom stereocenters. The molecular weight excluding hydrogens is 398 g/mol. The minimum Gasteiger partial charge on any atom is -0.382 e. The van der Waals surface area contributed by atoms with E-state index in [0.29, 0.717) is 16.7 Å². The maximum atomic E-state index is 11.8. The molecule has 4 nitrogen and oxygen atoms in total. The van der Waals surface area contributed by atoms with Crippen LogP contribution in [-0.2, 0) is 12.5 Å². The lowest BCUT2D eigenvalue weighted by Gasteiger charge is -2.26. The lowest BCUT2D eigenvalue weighted by Crippen LogP contribution is -2.29. The second-order valence-electron chi connectivity index (χ2n) is 5.55. The predicted octanol–water partition coefficient (Wildman–Crippen LogP) is 3.70. The Kier molecular flexibility index (Phi) is 4.88. The van der Waals surface area contributed by atoms with E-state index in [1.165, 1.54) is 10.2 Å². The molecule has 0 aliphatic heterocycles. The summed E-state index contributed by atoms with van der Waals surface area (Å²) in [5.41, 5.74) is 1.70. The second-order valence-corrected chi connectivity index (χ2v) is 7.26. The van der Waals surface area contributed by atoms with E-state index in [1.807, 2.05) is 12.1 Å². The zero-order valence-corrected chi connectivity index (χ0v) is 15.3. The summed E-state index contributed by atoms with van der Waals surface area (Å²) in [7, 11) is 1.63. The summed E-state index contributed by atoms with van der Waals surface area (Å²) in [5, 5.41) is 7.33. The van der Waals surface area contributed by atoms with Crippen molar-refractivity contribution < 1.29 is 0 Å². The maximum absolute atomic E-state index is 11.8. The Labute approximate surface area is 140 Å². The Bertz CT molecular complexity index is 710. The molecule has 1 heterocycles. The smallest absolute Gasteiger partial charge is 0.282 e. The van der Waals surface area contributed by atoms with Gasteiger partial charge >= 0.3 is 0 Å². The van der Waals surface area contributed by atoms with Crippen molar-refractivity contribution in [3.8, 4) is 0 Å². The number of rotatable bonds is 4. The lowest BCUT2D eigenvalue weighted by atomic mass is 9.84. The highest BCUT2D eigenvalue weighted by atomic mass is 79.9. The number of hydrogen-bond donors (Lipinski definition) is 1. The van der Waals surface area contributed by atoms with Crippen LogP contribution >= 0.6 is 31.9 Å². The minimum absolute atomic E-state index is 0.0791. The van der Waals surface area contributed by atoms with Crippen molar-refractivity contribution in [2.24, 2.45) is 7.05 Å². The van der Waals surface area contributed by atoms with E-state index in [2.05, 4.69) is 68.3 Å². The maximum Gasteiger partial charge on any atom is 0.282 e. The Morgan fingerprint density at radius 2 is 2.05 bits per heavy atom. The number of aryl methyl sites for hydroxylation is 1. The quantitative estimate of drug-likeness (QED) is 0.829. The van der Waals surface area contributed by atoms with Gasteiger partial charge in [0.25, 0.3) is 5.56 Å². The van der Waals surface area contributed by atoms with Crippen molar-refractivity contribution in [1.29, 1.82) is 0 Å². The first-order valence-corrected chi connectivity index (χ1v) is 8.11. The van der Waals surface area contributed by atoms with Gasteiger partial charge in [-0.2, -0.15) is 5.10 Å². The number of nitrogens with zero attached hydrogens (tertiary/aromatic N) is 2. The SMILES string of the molecule is Cn1ncc(NCC(C)(C)c2cccc(Br)c2)c(Br)c1=O. The highest BCUT2D eigenvalue weighted by Gasteiger charge is 2.21. The summed E-state index contributed by atoms with van der Waals surface area (Å²) in [5.74, 6) is 0. The summed E-state index contributed by atoms with van der Waals surface area (Å²) in [6.45, 7) is 5.01. The molecule has 2 aromatic rings. The Morgan fingerprint density at radius 1 is 1.33 bits per heavy atom. The normalized spacial score (nSPS) is 11.5. The number of hydrogen-bond acceptors (Lipinski definition) is 3. The van der Waals surface area contributed by atoms with Gasteiger partial charge in [-0.3, -0.25) is 4.79 Å². The summed E-state index contributed by atoms with van der Waals surface area (Å²) >= 11 is 6.82. The van der Waals surface area contributed by atoms with Gasteiger partial charge in [-0.05, 0) is 33.6 Å². The second kappa shape index (κ2) is 6.32. The fraction of sp³-hybridized carbons (Fsp3) is 0.333. The third-order valence-electron chi connectivity index (χ3n) is 3.41. The first-order chi connectivity index (χ1) is 9.81. The van der Waals surface area contributed by atoms with E-state index in [0.717, 1.165) is 4.47 Å². The average molecular weight is 415 g/mol. The van der Waals surface area contributed by atoms with E-state index in [4.69, 9.17) is 0 Å². The Morgan fingerprint density at radius 3 is 2.71 bits per heavy atom. The first kappa shape index (κ1) is 16.2. The molecule has 21 heavy (non-hydrogen) atoms. The Balaban J connectivity index is 2.19. The Hall–Kier alpha value is -1.14. The molecule has 1 aromatic heterocycles. The van der Waals surface area contributed by atoms with Gasteiger partial charge in [0.05, 0.1) is 11.9 Å². The van der Waals surface area contributed by atoms with Crippen LogP contribution in [0.1, 0.15) is 19.4 Å². The van der Waals surface area contributed by atoms with Crippen molar-refractivity contribution in [3.05, 3.63) is 55.3 Å². The molecule has 2 rings (SSSR count). The van der Waals surface area contributed by atoms with Crippen LogP contribution in [0, 0.1) is 0 Å². The minimum atomic E-state index is -0.153. The van der Waals surface area contributed by atoms with Crippen LogP contribution in [0.5, 0.6) is 0 Å². The molecule has 0 aliphatic rings. The molecule has 1 N–H and O–H groups in total. The molecule has 0 spiro atoms. The number of halogens is 2. The van der Waals surface area contributed by atoms with Crippen molar-refractivity contribution >= 4 is 37.5 Å². The van der Waals surface area contributed by atoms with Crippen LogP contribution in [0.25, 0.3) is 0 Å². The zero-order valence-electron chi connectivity index (χ0n) is 12.2. The highest BCUT2D eigenvalue weighted by molar-refractivity contribution is 9.10. The van der Waals surface area contributed by atoms with Gasteiger partial charge in [-0.1, -0.05) is 41.9 Å². The number of benzene rings is 1. The lowest BCUT2D eigenvalue weighted by molar-refractivity contribution is 0.556. The van der Waals surface area contributed by atoms with Crippen LogP contribution in [0.2, 0.25) is 0 Å². The highest BCUT2D eigenvalue weighted by Crippen LogP contribution is 2.27. The summed E-state index contributed by atoms with van der Waals surface area (Å²) < 4.78 is 2.86. The van der Waals surface area contributed by atoms with Crippen molar-refractivity contribution in [1.82, 2.24) is 9.78 Å². The number of nitrogens with one attached hydrogen (secondary N) is 1. The average Bonchev–Trinajstić information content (AvgIpc) is 2.44. The van der Waals surface area contributed by atoms with Gasteiger partial charge in [0, 0.05) is 23.5 Å². The van der Waals surface area contributed by atoms with E-state index in [-0.39, 0.29) is 11.0 Å². The van der Waals surface area contributed by atoms with E-state index in [9.17, 15) is 4.79 Å². The van der Waals surface area contributed by atoms with Gasteiger partial charge in [0.15, 0.2) is 0 Å². The van der Waals surface area contributed by atoms with E-state index >= 15 is 0 Å². The number of anilines is 1. The molecule has 0 saturated heterocycles. The zero-order chi connectivity index (χ0) is 15.6. The van der Waals surface area contributed by atoms with Gasteiger partial charge < -0.3 is 5.32 Å². The molecular formula is C15H17Br2N3O. The van der Waals surface area contributed by atoms with Crippen LogP contribution in [0.4, 0.5) is 5.69 Å². The topological polar surface area (TPSA) is 46.9 Å². The largest absolute Gasteiger partial charge is 0.382 e. The van der Waals surface area contributed by atoms with Gasteiger partial charge in [0.1, 0.15) is 4.47 Å². The molecule has 0 radical (unpaired) electrons. The predicted molar refractivity (Wildman–Crippen MR) is 92.8 cm³/mol. The molecule has 0 fully saturated rings. The monoisotopic (exact) mass is 413 g/mol. The molecule has 112 valence electrons. The van der Waals surface area contributed by atoms with E-state index in [1.54, 1.807) is 13.2 Å². The van der Waals surface area contributed by atoms with Crippen LogP contribution in [0.3, 0.4) is 0 Å². The van der Waals surface area contributed by atoms with Crippen LogP contribution in [-0.4, -0.2) is 16.3 Å². The van der Waals surface area contributed by atoms with Crippen LogP contribution < -0.4 is 10.9 Å². The van der Waals surface area contributed by atoms with Gasteiger partial charge in [0.2, 0.25) is 0 Å². The van der Waals surface area contributed by atoms with Crippen molar-refractivity contribution in [2.45, 2.75) is 19.3 Å². The molecule has 0 atom stereocenters. The standard InChI is InChI=1S/C15H17Br2N3O/c1-15(2,10-5-4-6-11(16)7-10)9-18-12-8-19-20(3)14(21)13(12)17/h4-8,18H,9H2,1-3H3. The third kappa shape index (κ3) is 3.74. The summed E-state index contributed by atoms with van der Waals surface area (Å²) in [4.78, 5) is 11.8. The number of aromatic nitrogens is 2. The molecule has 0 aliphatic carbocycles. The van der Waals surface area contributed by atoms with E-state index < -0.39 is 0 Å². The molecule has 0 bridgehead atoms. The molecule has 6 heteroatoms. The molecule has 1 aromatic carbocycles. The van der Waals surface area contributed by atoms with Crippen molar-refractivity contribution in [3.63, 3.8) is 0 Å². The van der Waals surface area contributed by atoms with Gasteiger partial charge in [-0.15, -0.1) is 0 Å². The molecule has 0 saturated carbocycles. The van der Waals surface area contributed by atoms with Crippen LogP contribution in [0.15, 0.2) is 44.2 Å². The fourth-order valence-corrected chi connectivity index (χ4v) is 2.86. The third-order valence-corrected chi connectivity index (χ3v) is 4.66. The molecule has 0 amide bonds. The summed E-state index contributed by atoms with van der Waals surface area (Å²) in [6.07, 6.45) is 1.66. The summed E-state index contributed by atoms with van der Waals surface area (Å²) in [6, 6.07) is 8.24. The first-order valence-electron chi connectivity index (χ1n) is 6.53. The fourth-order valence-electron chi connectivity index (χ4n) is 1.96. The van der Waals surface area contributed by atoms with Crippen molar-refractivity contribution in [2.75, 3.05) is 11.9 Å².